The van der Waals surface area contributed by atoms with E-state index in [1.54, 1.807) is 0 Å². The van der Waals surface area contributed by atoms with Crippen molar-refractivity contribution in [2.24, 2.45) is 0 Å². The minimum Gasteiger partial charge on any atom is -0.481 e. The van der Waals surface area contributed by atoms with E-state index >= 15 is 0 Å². The summed E-state index contributed by atoms with van der Waals surface area (Å²) in [5.74, 6) is 0.261. The highest BCUT2D eigenvalue weighted by atomic mass is 32.2. The summed E-state index contributed by atoms with van der Waals surface area (Å²) < 4.78 is 0.131. The van der Waals surface area contributed by atoms with E-state index in [9.17, 15) is 9.59 Å². The molecule has 2 amide bonds. The van der Waals surface area contributed by atoms with Crippen LogP contribution in [0.5, 0.6) is 0 Å². The van der Waals surface area contributed by atoms with Gasteiger partial charge >= 0.3 is 12.0 Å². The molecule has 0 aromatic rings. The van der Waals surface area contributed by atoms with Crippen LogP contribution in [0.4, 0.5) is 4.79 Å². The van der Waals surface area contributed by atoms with E-state index < -0.39 is 5.97 Å². The van der Waals surface area contributed by atoms with Crippen LogP contribution in [-0.2, 0) is 4.79 Å². The number of nitrogens with one attached hydrogen (secondary N) is 2. The summed E-state index contributed by atoms with van der Waals surface area (Å²) in [5.41, 5.74) is 0. The molecule has 0 radical (unpaired) electrons. The fourth-order valence-corrected chi connectivity index (χ4v) is 3.23. The summed E-state index contributed by atoms with van der Waals surface area (Å²) in [6.45, 7) is 4.65. The third-order valence-corrected chi connectivity index (χ3v) is 4.71. The number of rotatable bonds is 6. The Kier molecular flexibility index (Phi) is 5.78. The Labute approximate surface area is 112 Å². The van der Waals surface area contributed by atoms with Crippen molar-refractivity contribution in [2.45, 2.75) is 50.3 Å². The lowest BCUT2D eigenvalue weighted by molar-refractivity contribution is -0.137. The standard InChI is InChI=1S/C12H22N2O3S/c1-3-9(7-10(15)16)14-11(17)13-8-12(2)5-4-6-18-12/h9H,3-8H2,1-2H3,(H,15,16)(H2,13,14,17). The quantitative estimate of drug-likeness (QED) is 0.690. The van der Waals surface area contributed by atoms with Crippen LogP contribution in [0.25, 0.3) is 0 Å². The van der Waals surface area contributed by atoms with Crippen LogP contribution in [0.3, 0.4) is 0 Å². The highest BCUT2D eigenvalue weighted by Crippen LogP contribution is 2.36. The summed E-state index contributed by atoms with van der Waals surface area (Å²) >= 11 is 1.89. The normalized spacial score (nSPS) is 24.6. The molecule has 3 N–H and O–H groups in total. The van der Waals surface area contributed by atoms with Crippen LogP contribution in [0.1, 0.15) is 39.5 Å². The molecular weight excluding hydrogens is 252 g/mol. The maximum atomic E-state index is 11.7. The third kappa shape index (κ3) is 5.16. The average Bonchev–Trinajstić information content (AvgIpc) is 2.73. The van der Waals surface area contributed by atoms with Crippen molar-refractivity contribution in [3.8, 4) is 0 Å². The molecule has 0 bridgehead atoms. The maximum Gasteiger partial charge on any atom is 0.315 e. The van der Waals surface area contributed by atoms with E-state index in [0.717, 1.165) is 12.2 Å². The third-order valence-electron chi connectivity index (χ3n) is 3.17. The molecule has 0 aromatic heterocycles. The van der Waals surface area contributed by atoms with Gasteiger partial charge < -0.3 is 15.7 Å². The molecule has 1 fully saturated rings. The zero-order valence-electron chi connectivity index (χ0n) is 11.0. The van der Waals surface area contributed by atoms with E-state index in [-0.39, 0.29) is 23.2 Å². The smallest absolute Gasteiger partial charge is 0.315 e. The second-order valence-electron chi connectivity index (χ2n) is 4.93. The largest absolute Gasteiger partial charge is 0.481 e. The van der Waals surface area contributed by atoms with Gasteiger partial charge in [-0.05, 0) is 31.9 Å². The first kappa shape index (κ1) is 15.1. The van der Waals surface area contributed by atoms with Crippen molar-refractivity contribution in [2.75, 3.05) is 12.3 Å². The number of urea groups is 1. The van der Waals surface area contributed by atoms with Gasteiger partial charge in [-0.15, -0.1) is 0 Å². The molecule has 1 aliphatic rings. The first-order valence-corrected chi connectivity index (χ1v) is 7.34. The summed E-state index contributed by atoms with van der Waals surface area (Å²) in [6.07, 6.45) is 2.90. The highest BCUT2D eigenvalue weighted by molar-refractivity contribution is 8.00. The molecule has 2 unspecified atom stereocenters. The van der Waals surface area contributed by atoms with Crippen LogP contribution in [-0.4, -0.2) is 40.2 Å². The fourth-order valence-electron chi connectivity index (χ4n) is 1.99. The van der Waals surface area contributed by atoms with E-state index in [4.69, 9.17) is 5.11 Å². The molecular formula is C12H22N2O3S. The van der Waals surface area contributed by atoms with E-state index in [1.165, 1.54) is 6.42 Å². The summed E-state index contributed by atoms with van der Waals surface area (Å²) in [7, 11) is 0. The van der Waals surface area contributed by atoms with Gasteiger partial charge in [-0.1, -0.05) is 6.92 Å². The Morgan fingerprint density at radius 2 is 2.22 bits per heavy atom. The van der Waals surface area contributed by atoms with Gasteiger partial charge in [-0.2, -0.15) is 11.8 Å². The molecule has 1 rings (SSSR count). The molecule has 1 saturated heterocycles. The Balaban J connectivity index is 2.29. The van der Waals surface area contributed by atoms with Crippen molar-refractivity contribution in [1.29, 1.82) is 0 Å². The van der Waals surface area contributed by atoms with Gasteiger partial charge in [0, 0.05) is 17.3 Å². The van der Waals surface area contributed by atoms with Crippen molar-refractivity contribution < 1.29 is 14.7 Å². The van der Waals surface area contributed by atoms with Crippen LogP contribution in [0, 0.1) is 0 Å². The zero-order valence-corrected chi connectivity index (χ0v) is 11.8. The first-order valence-electron chi connectivity index (χ1n) is 6.35. The number of amides is 2. The number of carboxylic acid groups (broad SMARTS) is 1. The topological polar surface area (TPSA) is 78.4 Å². The Bertz CT molecular complexity index is 304. The molecule has 104 valence electrons. The number of thioether (sulfide) groups is 1. The van der Waals surface area contributed by atoms with E-state index in [1.807, 2.05) is 18.7 Å². The SMILES string of the molecule is CCC(CC(=O)O)NC(=O)NCC1(C)CCCS1. The predicted molar refractivity (Wildman–Crippen MR) is 73.0 cm³/mol. The molecule has 5 nitrogen and oxygen atoms in total. The van der Waals surface area contributed by atoms with E-state index in [0.29, 0.717) is 13.0 Å². The highest BCUT2D eigenvalue weighted by Gasteiger charge is 2.29. The Morgan fingerprint density at radius 3 is 2.72 bits per heavy atom. The summed E-state index contributed by atoms with van der Waals surface area (Å²) in [4.78, 5) is 22.3. The lowest BCUT2D eigenvalue weighted by atomic mass is 10.1. The molecule has 6 heteroatoms. The molecule has 0 aliphatic carbocycles. The number of hydrogen-bond donors (Lipinski definition) is 3. The van der Waals surface area contributed by atoms with Gasteiger partial charge in [0.1, 0.15) is 0 Å². The Hall–Kier alpha value is -0.910. The minimum atomic E-state index is -0.888. The monoisotopic (exact) mass is 274 g/mol. The number of carbonyl (C=O) groups is 2. The number of carboxylic acids is 1. The maximum absolute atomic E-state index is 11.7. The molecule has 0 saturated carbocycles. The lowest BCUT2D eigenvalue weighted by Crippen LogP contribution is -2.46. The fraction of sp³-hybridized carbons (Fsp3) is 0.833. The van der Waals surface area contributed by atoms with Gasteiger partial charge in [0.25, 0.3) is 0 Å². The van der Waals surface area contributed by atoms with Gasteiger partial charge in [0.2, 0.25) is 0 Å². The van der Waals surface area contributed by atoms with E-state index in [2.05, 4.69) is 17.6 Å². The molecule has 18 heavy (non-hydrogen) atoms. The van der Waals surface area contributed by atoms with Gasteiger partial charge in [0.05, 0.1) is 6.42 Å². The first-order chi connectivity index (χ1) is 8.45. The number of hydrogen-bond acceptors (Lipinski definition) is 3. The van der Waals surface area contributed by atoms with Gasteiger partial charge in [0.15, 0.2) is 0 Å². The Morgan fingerprint density at radius 1 is 1.50 bits per heavy atom. The predicted octanol–water partition coefficient (Wildman–Crippen LogP) is 1.82. The van der Waals surface area contributed by atoms with Gasteiger partial charge in [-0.25, -0.2) is 4.79 Å². The number of carbonyl (C=O) groups excluding carboxylic acids is 1. The molecule has 0 aromatic carbocycles. The molecule has 1 aliphatic heterocycles. The molecule has 0 spiro atoms. The van der Waals surface area contributed by atoms with Crippen molar-refractivity contribution in [1.82, 2.24) is 10.6 Å². The minimum absolute atomic E-state index is 0.0318. The average molecular weight is 274 g/mol. The lowest BCUT2D eigenvalue weighted by Gasteiger charge is -2.24. The zero-order chi connectivity index (χ0) is 13.6. The van der Waals surface area contributed by atoms with Crippen molar-refractivity contribution in [3.05, 3.63) is 0 Å². The molecule has 2 atom stereocenters. The van der Waals surface area contributed by atoms with Crippen LogP contribution < -0.4 is 10.6 Å². The van der Waals surface area contributed by atoms with Crippen LogP contribution in [0.2, 0.25) is 0 Å². The van der Waals surface area contributed by atoms with Crippen molar-refractivity contribution in [3.63, 3.8) is 0 Å². The van der Waals surface area contributed by atoms with Crippen LogP contribution >= 0.6 is 11.8 Å². The van der Waals surface area contributed by atoms with Gasteiger partial charge in [-0.3, -0.25) is 4.79 Å². The van der Waals surface area contributed by atoms with Crippen molar-refractivity contribution >= 4 is 23.8 Å². The second kappa shape index (κ2) is 6.87. The second-order valence-corrected chi connectivity index (χ2v) is 6.61. The summed E-state index contributed by atoms with van der Waals surface area (Å²) in [6, 6.07) is -0.566. The molecule has 1 heterocycles. The number of aliphatic carboxylic acids is 1. The van der Waals surface area contributed by atoms with Crippen LogP contribution in [0.15, 0.2) is 0 Å². The summed E-state index contributed by atoms with van der Waals surface area (Å²) in [5, 5.41) is 14.2.